The van der Waals surface area contributed by atoms with Gasteiger partial charge in [-0.25, -0.2) is 0 Å². The molecule has 5 nitrogen and oxygen atoms in total. The van der Waals surface area contributed by atoms with Crippen molar-refractivity contribution in [3.8, 4) is 17.0 Å². The van der Waals surface area contributed by atoms with Crippen LogP contribution in [0, 0.1) is 13.8 Å². The standard InChI is InChI=1S/C15H18N2O3/c1-9-10(2)14(20-3)6-5-12(9)13-8-11(16-17-13)4-7-15(18)19/h5-6,8H,4,7H2,1-3H3,(H,16,17)(H,18,19). The highest BCUT2D eigenvalue weighted by atomic mass is 16.5. The van der Waals surface area contributed by atoms with E-state index >= 15 is 0 Å². The molecule has 1 heterocycles. The van der Waals surface area contributed by atoms with Gasteiger partial charge in [-0.3, -0.25) is 9.89 Å². The van der Waals surface area contributed by atoms with E-state index in [9.17, 15) is 4.79 Å². The third-order valence-electron chi connectivity index (χ3n) is 3.47. The summed E-state index contributed by atoms with van der Waals surface area (Å²) in [6.07, 6.45) is 0.554. The quantitative estimate of drug-likeness (QED) is 0.879. The van der Waals surface area contributed by atoms with E-state index in [2.05, 4.69) is 10.2 Å². The molecule has 1 aromatic carbocycles. The molecular weight excluding hydrogens is 256 g/mol. The van der Waals surface area contributed by atoms with Crippen molar-refractivity contribution in [3.05, 3.63) is 35.0 Å². The van der Waals surface area contributed by atoms with Crippen LogP contribution >= 0.6 is 0 Å². The fraction of sp³-hybridized carbons (Fsp3) is 0.333. The van der Waals surface area contributed by atoms with Gasteiger partial charge in [0.05, 0.1) is 19.2 Å². The van der Waals surface area contributed by atoms with Gasteiger partial charge < -0.3 is 9.84 Å². The largest absolute Gasteiger partial charge is 0.496 e. The van der Waals surface area contributed by atoms with Gasteiger partial charge in [0, 0.05) is 11.3 Å². The van der Waals surface area contributed by atoms with Gasteiger partial charge in [0.25, 0.3) is 0 Å². The minimum absolute atomic E-state index is 0.0995. The van der Waals surface area contributed by atoms with E-state index in [-0.39, 0.29) is 6.42 Å². The average molecular weight is 274 g/mol. The maximum atomic E-state index is 10.6. The van der Waals surface area contributed by atoms with Crippen LogP contribution in [0.3, 0.4) is 0 Å². The van der Waals surface area contributed by atoms with Crippen molar-refractivity contribution in [2.45, 2.75) is 26.7 Å². The number of aromatic amines is 1. The Morgan fingerprint density at radius 1 is 1.35 bits per heavy atom. The lowest BCUT2D eigenvalue weighted by atomic mass is 10.00. The first kappa shape index (κ1) is 14.1. The minimum Gasteiger partial charge on any atom is -0.496 e. The Morgan fingerprint density at radius 2 is 2.10 bits per heavy atom. The number of ether oxygens (including phenoxy) is 1. The second-order valence-corrected chi connectivity index (χ2v) is 4.74. The lowest BCUT2D eigenvalue weighted by Gasteiger charge is -2.10. The first-order chi connectivity index (χ1) is 9.52. The number of nitrogens with one attached hydrogen (secondary N) is 1. The average Bonchev–Trinajstić information content (AvgIpc) is 2.88. The molecule has 0 aliphatic rings. The third kappa shape index (κ3) is 2.82. The SMILES string of the molecule is COc1ccc(-c2cc(CCC(=O)O)[nH]n2)c(C)c1C. The number of carbonyl (C=O) groups is 1. The van der Waals surface area contributed by atoms with Gasteiger partial charge in [-0.2, -0.15) is 5.10 Å². The third-order valence-corrected chi connectivity index (χ3v) is 3.47. The maximum Gasteiger partial charge on any atom is 0.303 e. The summed E-state index contributed by atoms with van der Waals surface area (Å²) in [7, 11) is 1.65. The smallest absolute Gasteiger partial charge is 0.303 e. The molecule has 0 bridgehead atoms. The number of methoxy groups -OCH3 is 1. The van der Waals surface area contributed by atoms with Gasteiger partial charge in [0.1, 0.15) is 5.75 Å². The molecule has 0 radical (unpaired) electrons. The Hall–Kier alpha value is -2.30. The highest BCUT2D eigenvalue weighted by Gasteiger charge is 2.11. The molecule has 2 N–H and O–H groups in total. The number of H-pyrrole nitrogens is 1. The van der Waals surface area contributed by atoms with Gasteiger partial charge in [0.15, 0.2) is 0 Å². The molecule has 1 aromatic heterocycles. The summed E-state index contributed by atoms with van der Waals surface area (Å²) in [5.74, 6) is 0.0468. The molecule has 0 saturated heterocycles. The number of rotatable bonds is 5. The molecule has 20 heavy (non-hydrogen) atoms. The van der Waals surface area contributed by atoms with Crippen LogP contribution in [0.1, 0.15) is 23.2 Å². The predicted molar refractivity (Wildman–Crippen MR) is 76.0 cm³/mol. The van der Waals surface area contributed by atoms with E-state index in [0.717, 1.165) is 33.8 Å². The molecule has 0 aliphatic heterocycles. The molecule has 0 spiro atoms. The van der Waals surface area contributed by atoms with Crippen LogP contribution in [0.25, 0.3) is 11.3 Å². The Kier molecular flexibility index (Phi) is 4.08. The lowest BCUT2D eigenvalue weighted by Crippen LogP contribution is -1.97. The van der Waals surface area contributed by atoms with Crippen molar-refractivity contribution in [1.82, 2.24) is 10.2 Å². The zero-order valence-corrected chi connectivity index (χ0v) is 11.9. The van der Waals surface area contributed by atoms with E-state index in [1.807, 2.05) is 32.0 Å². The van der Waals surface area contributed by atoms with Crippen LogP contribution in [0.4, 0.5) is 0 Å². The van der Waals surface area contributed by atoms with Gasteiger partial charge >= 0.3 is 5.97 Å². The van der Waals surface area contributed by atoms with Gasteiger partial charge in [0.2, 0.25) is 0 Å². The number of aliphatic carboxylic acids is 1. The number of nitrogens with zero attached hydrogens (tertiary/aromatic N) is 1. The van der Waals surface area contributed by atoms with Crippen molar-refractivity contribution in [2.75, 3.05) is 7.11 Å². The number of aryl methyl sites for hydroxylation is 1. The molecule has 0 atom stereocenters. The topological polar surface area (TPSA) is 75.2 Å². The van der Waals surface area contributed by atoms with Crippen LogP contribution in [0.15, 0.2) is 18.2 Å². The predicted octanol–water partition coefficient (Wildman–Crippen LogP) is 2.72. The number of carboxylic acid groups (broad SMARTS) is 1. The van der Waals surface area contributed by atoms with E-state index in [0.29, 0.717) is 6.42 Å². The molecule has 5 heteroatoms. The van der Waals surface area contributed by atoms with Crippen molar-refractivity contribution < 1.29 is 14.6 Å². The fourth-order valence-electron chi connectivity index (χ4n) is 2.16. The lowest BCUT2D eigenvalue weighted by molar-refractivity contribution is -0.136. The second-order valence-electron chi connectivity index (χ2n) is 4.74. The second kappa shape index (κ2) is 5.77. The van der Waals surface area contributed by atoms with Crippen LogP contribution < -0.4 is 4.74 Å². The van der Waals surface area contributed by atoms with Gasteiger partial charge in [-0.1, -0.05) is 0 Å². The molecule has 0 aliphatic carbocycles. The monoisotopic (exact) mass is 274 g/mol. The molecule has 2 rings (SSSR count). The fourth-order valence-corrected chi connectivity index (χ4v) is 2.16. The van der Waals surface area contributed by atoms with Crippen molar-refractivity contribution in [2.24, 2.45) is 0 Å². The van der Waals surface area contributed by atoms with Crippen molar-refractivity contribution >= 4 is 5.97 Å². The highest BCUT2D eigenvalue weighted by molar-refractivity contribution is 5.68. The van der Waals surface area contributed by atoms with Crippen LogP contribution in [0.5, 0.6) is 5.75 Å². The molecule has 0 saturated carbocycles. The van der Waals surface area contributed by atoms with E-state index < -0.39 is 5.97 Å². The number of carboxylic acids is 1. The number of benzene rings is 1. The molecule has 0 fully saturated rings. The van der Waals surface area contributed by atoms with Crippen LogP contribution in [0.2, 0.25) is 0 Å². The minimum atomic E-state index is -0.808. The molecule has 0 amide bonds. The Labute approximate surface area is 117 Å². The molecule has 106 valence electrons. The zero-order chi connectivity index (χ0) is 14.7. The summed E-state index contributed by atoms with van der Waals surface area (Å²) in [6.45, 7) is 4.04. The summed E-state index contributed by atoms with van der Waals surface area (Å²) >= 11 is 0. The molecular formula is C15H18N2O3. The van der Waals surface area contributed by atoms with Crippen LogP contribution in [-0.2, 0) is 11.2 Å². The van der Waals surface area contributed by atoms with E-state index in [1.54, 1.807) is 7.11 Å². The van der Waals surface area contributed by atoms with E-state index in [4.69, 9.17) is 9.84 Å². The number of aromatic nitrogens is 2. The van der Waals surface area contributed by atoms with Gasteiger partial charge in [-0.15, -0.1) is 0 Å². The van der Waals surface area contributed by atoms with Crippen molar-refractivity contribution in [3.63, 3.8) is 0 Å². The van der Waals surface area contributed by atoms with Crippen LogP contribution in [-0.4, -0.2) is 28.4 Å². The normalized spacial score (nSPS) is 10.6. The molecule has 2 aromatic rings. The summed E-state index contributed by atoms with van der Waals surface area (Å²) < 4.78 is 5.29. The highest BCUT2D eigenvalue weighted by Crippen LogP contribution is 2.30. The summed E-state index contributed by atoms with van der Waals surface area (Å²) in [4.78, 5) is 10.6. The molecule has 0 unspecified atom stereocenters. The summed E-state index contributed by atoms with van der Waals surface area (Å²) in [5, 5.41) is 15.8. The first-order valence-electron chi connectivity index (χ1n) is 6.43. The maximum absolute atomic E-state index is 10.6. The Bertz CT molecular complexity index is 632. The zero-order valence-electron chi connectivity index (χ0n) is 11.9. The number of hydrogen-bond donors (Lipinski definition) is 2. The Balaban J connectivity index is 2.28. The first-order valence-corrected chi connectivity index (χ1v) is 6.43. The van der Waals surface area contributed by atoms with Gasteiger partial charge in [-0.05, 0) is 49.6 Å². The Morgan fingerprint density at radius 3 is 2.75 bits per heavy atom. The van der Waals surface area contributed by atoms with E-state index in [1.165, 1.54) is 0 Å². The summed E-state index contributed by atoms with van der Waals surface area (Å²) in [5.41, 5.74) is 4.88. The van der Waals surface area contributed by atoms with Crippen molar-refractivity contribution in [1.29, 1.82) is 0 Å². The summed E-state index contributed by atoms with van der Waals surface area (Å²) in [6, 6.07) is 5.79. The number of hydrogen-bond acceptors (Lipinski definition) is 3.